The van der Waals surface area contributed by atoms with Crippen LogP contribution in [0.5, 0.6) is 0 Å². The highest BCUT2D eigenvalue weighted by Crippen LogP contribution is 2.55. The summed E-state index contributed by atoms with van der Waals surface area (Å²) < 4.78 is 4.94. The maximum absolute atomic E-state index is 2.55. The molecule has 9 aromatic rings. The minimum atomic E-state index is -0.131. The summed E-state index contributed by atoms with van der Waals surface area (Å²) in [4.78, 5) is 0. The molecule has 228 valence electrons. The van der Waals surface area contributed by atoms with Crippen molar-refractivity contribution in [2.45, 2.75) is 26.2 Å². The SMILES string of the molecule is Cc1ccc(-c2cc3c(c4c2c2ccccc2n4-c2ccc4c(c2)c2ccccc2n4-c2ccccc2)-c2ccccc2C3(C)C)cc1. The summed E-state index contributed by atoms with van der Waals surface area (Å²) in [6.07, 6.45) is 0. The van der Waals surface area contributed by atoms with E-state index < -0.39 is 0 Å². The third-order valence-corrected chi connectivity index (χ3v) is 10.8. The van der Waals surface area contributed by atoms with Gasteiger partial charge in [-0.25, -0.2) is 0 Å². The zero-order valence-corrected chi connectivity index (χ0v) is 27.3. The molecule has 0 saturated carbocycles. The zero-order valence-electron chi connectivity index (χ0n) is 27.3. The molecule has 48 heavy (non-hydrogen) atoms. The second-order valence-corrected chi connectivity index (χ2v) is 13.8. The lowest BCUT2D eigenvalue weighted by Gasteiger charge is -2.23. The Labute approximate surface area is 280 Å². The molecule has 7 aromatic carbocycles. The predicted octanol–water partition coefficient (Wildman–Crippen LogP) is 12.2. The maximum Gasteiger partial charge on any atom is 0.0628 e. The van der Waals surface area contributed by atoms with Crippen molar-refractivity contribution in [1.82, 2.24) is 9.13 Å². The number of rotatable bonds is 3. The van der Waals surface area contributed by atoms with Crippen molar-refractivity contribution in [2.24, 2.45) is 0 Å². The van der Waals surface area contributed by atoms with E-state index in [1.54, 1.807) is 0 Å². The number of benzene rings is 7. The summed E-state index contributed by atoms with van der Waals surface area (Å²) >= 11 is 0. The molecule has 10 rings (SSSR count). The topological polar surface area (TPSA) is 9.86 Å². The van der Waals surface area contributed by atoms with Crippen molar-refractivity contribution in [3.8, 4) is 33.6 Å². The largest absolute Gasteiger partial charge is 0.309 e. The molecule has 0 radical (unpaired) electrons. The van der Waals surface area contributed by atoms with Gasteiger partial charge < -0.3 is 9.13 Å². The van der Waals surface area contributed by atoms with Crippen molar-refractivity contribution < 1.29 is 0 Å². The summed E-state index contributed by atoms with van der Waals surface area (Å²) in [7, 11) is 0. The third kappa shape index (κ3) is 3.63. The number of nitrogens with zero attached hydrogens (tertiary/aromatic N) is 2. The Hall–Kier alpha value is -5.86. The Morgan fingerprint density at radius 2 is 1.10 bits per heavy atom. The van der Waals surface area contributed by atoms with E-state index >= 15 is 0 Å². The number of aryl methyl sites for hydroxylation is 1. The fraction of sp³-hybridized carbons (Fsp3) is 0.0870. The number of hydrogen-bond donors (Lipinski definition) is 0. The third-order valence-electron chi connectivity index (χ3n) is 10.8. The van der Waals surface area contributed by atoms with Crippen LogP contribution in [0.15, 0.2) is 152 Å². The molecule has 0 aliphatic heterocycles. The van der Waals surface area contributed by atoms with Crippen LogP contribution in [0.3, 0.4) is 0 Å². The smallest absolute Gasteiger partial charge is 0.0628 e. The number of para-hydroxylation sites is 3. The molecule has 2 aromatic heterocycles. The van der Waals surface area contributed by atoms with Crippen LogP contribution in [-0.2, 0) is 5.41 Å². The highest BCUT2D eigenvalue weighted by Gasteiger charge is 2.38. The van der Waals surface area contributed by atoms with Crippen LogP contribution in [0.1, 0.15) is 30.5 Å². The standard InChI is InChI=1S/C46H34N2/c1-29-21-23-30(24-22-29)36-28-39-44(34-16-7-10-18-38(34)46(39,2)3)45-43(36)35-17-9-12-20-41(35)48(45)32-25-26-42-37(27-32)33-15-8-11-19-40(33)47(42)31-13-5-4-6-14-31/h4-28H,1-3H3. The van der Waals surface area contributed by atoms with Gasteiger partial charge in [-0.3, -0.25) is 0 Å². The van der Waals surface area contributed by atoms with E-state index in [-0.39, 0.29) is 5.41 Å². The number of aromatic nitrogens is 2. The highest BCUT2D eigenvalue weighted by atomic mass is 15.0. The summed E-state index contributed by atoms with van der Waals surface area (Å²) in [5, 5.41) is 5.10. The molecule has 1 aliphatic rings. The Bertz CT molecular complexity index is 2740. The van der Waals surface area contributed by atoms with Crippen LogP contribution in [0.4, 0.5) is 0 Å². The lowest BCUT2D eigenvalue weighted by molar-refractivity contribution is 0.661. The lowest BCUT2D eigenvalue weighted by Crippen LogP contribution is -2.15. The Balaban J connectivity index is 1.38. The molecule has 1 aliphatic carbocycles. The first kappa shape index (κ1) is 27.3. The van der Waals surface area contributed by atoms with E-state index in [1.165, 1.54) is 93.9 Å². The van der Waals surface area contributed by atoms with Crippen LogP contribution < -0.4 is 0 Å². The Morgan fingerprint density at radius 3 is 1.90 bits per heavy atom. The fourth-order valence-electron chi connectivity index (χ4n) is 8.51. The molecular formula is C46H34N2. The molecule has 2 heterocycles. The van der Waals surface area contributed by atoms with E-state index in [2.05, 4.69) is 182 Å². The summed E-state index contributed by atoms with van der Waals surface area (Å²) in [5.41, 5.74) is 16.4. The van der Waals surface area contributed by atoms with Crippen molar-refractivity contribution in [1.29, 1.82) is 0 Å². The van der Waals surface area contributed by atoms with Gasteiger partial charge in [0.05, 0.1) is 22.1 Å². The molecule has 2 nitrogen and oxygen atoms in total. The van der Waals surface area contributed by atoms with Gasteiger partial charge in [0.15, 0.2) is 0 Å². The first-order chi connectivity index (χ1) is 23.5. The van der Waals surface area contributed by atoms with Gasteiger partial charge >= 0.3 is 0 Å². The normalized spacial score (nSPS) is 13.5. The lowest BCUT2D eigenvalue weighted by atomic mass is 9.81. The molecule has 0 spiro atoms. The Kier molecular flexibility index (Phi) is 5.58. The molecule has 2 heteroatoms. The fourth-order valence-corrected chi connectivity index (χ4v) is 8.51. The van der Waals surface area contributed by atoms with Crippen LogP contribution >= 0.6 is 0 Å². The van der Waals surface area contributed by atoms with Gasteiger partial charge in [-0.15, -0.1) is 0 Å². The zero-order chi connectivity index (χ0) is 32.1. The van der Waals surface area contributed by atoms with Gasteiger partial charge in [-0.05, 0) is 83.3 Å². The second-order valence-electron chi connectivity index (χ2n) is 13.8. The highest BCUT2D eigenvalue weighted by molar-refractivity contribution is 6.21. The van der Waals surface area contributed by atoms with Crippen LogP contribution in [-0.4, -0.2) is 9.13 Å². The molecule has 0 amide bonds. The average Bonchev–Trinajstić information content (AvgIpc) is 3.72. The molecule has 0 N–H and O–H groups in total. The summed E-state index contributed by atoms with van der Waals surface area (Å²) in [6, 6.07) is 56.1. The van der Waals surface area contributed by atoms with Crippen molar-refractivity contribution in [2.75, 3.05) is 0 Å². The molecule has 0 fully saturated rings. The molecule has 0 unspecified atom stereocenters. The number of fused-ring (bicyclic) bond motifs is 10. The minimum Gasteiger partial charge on any atom is -0.309 e. The molecule has 0 saturated heterocycles. The maximum atomic E-state index is 2.55. The van der Waals surface area contributed by atoms with E-state index in [9.17, 15) is 0 Å². The van der Waals surface area contributed by atoms with E-state index in [1.807, 2.05) is 0 Å². The Morgan fingerprint density at radius 1 is 0.458 bits per heavy atom. The van der Waals surface area contributed by atoms with Crippen molar-refractivity contribution >= 4 is 43.6 Å². The summed E-state index contributed by atoms with van der Waals surface area (Å²) in [6.45, 7) is 6.94. The van der Waals surface area contributed by atoms with E-state index in [4.69, 9.17) is 0 Å². The average molecular weight is 615 g/mol. The first-order valence-electron chi connectivity index (χ1n) is 16.9. The van der Waals surface area contributed by atoms with Crippen molar-refractivity contribution in [3.05, 3.63) is 168 Å². The van der Waals surface area contributed by atoms with Gasteiger partial charge in [-0.2, -0.15) is 0 Å². The molecule has 0 atom stereocenters. The van der Waals surface area contributed by atoms with E-state index in [0.717, 1.165) is 0 Å². The monoisotopic (exact) mass is 614 g/mol. The first-order valence-corrected chi connectivity index (χ1v) is 16.9. The van der Waals surface area contributed by atoms with Crippen LogP contribution in [0.2, 0.25) is 0 Å². The van der Waals surface area contributed by atoms with Gasteiger partial charge in [0.1, 0.15) is 0 Å². The quantitative estimate of drug-likeness (QED) is 0.187. The predicted molar refractivity (Wildman–Crippen MR) is 203 cm³/mol. The van der Waals surface area contributed by atoms with Gasteiger partial charge in [0.25, 0.3) is 0 Å². The molecule has 0 bridgehead atoms. The summed E-state index contributed by atoms with van der Waals surface area (Å²) in [5.74, 6) is 0. The van der Waals surface area contributed by atoms with Crippen LogP contribution in [0.25, 0.3) is 77.2 Å². The van der Waals surface area contributed by atoms with Gasteiger partial charge in [0.2, 0.25) is 0 Å². The van der Waals surface area contributed by atoms with E-state index in [0.29, 0.717) is 0 Å². The van der Waals surface area contributed by atoms with Crippen molar-refractivity contribution in [3.63, 3.8) is 0 Å². The second kappa shape index (κ2) is 9.82. The van der Waals surface area contributed by atoms with Crippen LogP contribution in [0, 0.1) is 6.92 Å². The van der Waals surface area contributed by atoms with Gasteiger partial charge in [-0.1, -0.05) is 123 Å². The minimum absolute atomic E-state index is 0.131. The molecular weight excluding hydrogens is 581 g/mol. The number of hydrogen-bond acceptors (Lipinski definition) is 0. The van der Waals surface area contributed by atoms with Gasteiger partial charge in [0, 0.05) is 43.9 Å².